The molecule has 7 heteroatoms. The van der Waals surface area contributed by atoms with E-state index in [0.29, 0.717) is 26.6 Å². The van der Waals surface area contributed by atoms with Crippen molar-refractivity contribution in [1.82, 2.24) is 14.6 Å². The number of ether oxygens (including phenoxy) is 1. The number of hydrogen-bond donors (Lipinski definition) is 0. The second-order valence-corrected chi connectivity index (χ2v) is 7.06. The summed E-state index contributed by atoms with van der Waals surface area (Å²) >= 11 is 1.27. The summed E-state index contributed by atoms with van der Waals surface area (Å²) < 4.78 is 7.05. The molecule has 0 saturated heterocycles. The summed E-state index contributed by atoms with van der Waals surface area (Å²) in [6.07, 6.45) is 1.83. The second kappa shape index (κ2) is 6.77. The monoisotopic (exact) mass is 377 g/mol. The molecule has 0 saturated carbocycles. The highest BCUT2D eigenvalue weighted by molar-refractivity contribution is 7.15. The van der Waals surface area contributed by atoms with Crippen LogP contribution in [0.4, 0.5) is 0 Å². The van der Waals surface area contributed by atoms with Crippen LogP contribution in [0.3, 0.4) is 0 Å². The van der Waals surface area contributed by atoms with E-state index in [1.54, 1.807) is 24.3 Å². The molecule has 4 aromatic rings. The van der Waals surface area contributed by atoms with Gasteiger partial charge in [-0.2, -0.15) is 9.50 Å². The highest BCUT2D eigenvalue weighted by Gasteiger charge is 2.16. The summed E-state index contributed by atoms with van der Waals surface area (Å²) in [5.41, 5.74) is 2.45. The molecule has 0 aliphatic heterocycles. The quantitative estimate of drug-likeness (QED) is 0.405. The average molecular weight is 377 g/mol. The highest BCUT2D eigenvalue weighted by Crippen LogP contribution is 2.27. The van der Waals surface area contributed by atoms with E-state index < -0.39 is 5.97 Å². The minimum Gasteiger partial charge on any atom is -0.426 e. The summed E-state index contributed by atoms with van der Waals surface area (Å²) in [6, 6.07) is 14.9. The Hall–Kier alpha value is -3.32. The van der Waals surface area contributed by atoms with Crippen molar-refractivity contribution in [2.75, 3.05) is 0 Å². The van der Waals surface area contributed by atoms with Crippen LogP contribution < -0.4 is 14.8 Å². The van der Waals surface area contributed by atoms with Gasteiger partial charge in [0.05, 0.1) is 10.1 Å². The first-order valence-corrected chi connectivity index (χ1v) is 9.09. The molecule has 0 fully saturated rings. The Morgan fingerprint density at radius 2 is 1.89 bits per heavy atom. The number of benzene rings is 2. The Kier molecular flexibility index (Phi) is 4.29. The zero-order valence-corrected chi connectivity index (χ0v) is 15.5. The van der Waals surface area contributed by atoms with Gasteiger partial charge in [-0.25, -0.2) is 0 Å². The molecular weight excluding hydrogens is 362 g/mol. The lowest BCUT2D eigenvalue weighted by molar-refractivity contribution is -0.131. The summed E-state index contributed by atoms with van der Waals surface area (Å²) in [7, 11) is 0. The largest absolute Gasteiger partial charge is 0.426 e. The van der Waals surface area contributed by atoms with E-state index >= 15 is 0 Å². The van der Waals surface area contributed by atoms with Crippen molar-refractivity contribution in [3.8, 4) is 17.1 Å². The molecule has 6 nitrogen and oxygen atoms in total. The SMILES string of the molecule is CC(=O)Oc1ccccc1-c1nc2s/c(=C/c3ccc(C)cc3)c(=O)n2n1. The first-order valence-electron chi connectivity index (χ1n) is 8.27. The number of esters is 1. The van der Waals surface area contributed by atoms with E-state index in [0.717, 1.165) is 11.1 Å². The van der Waals surface area contributed by atoms with Gasteiger partial charge in [0.1, 0.15) is 5.75 Å². The number of carbonyl (C=O) groups excluding carboxylic acids is 1. The molecule has 134 valence electrons. The van der Waals surface area contributed by atoms with Crippen LogP contribution in [0.5, 0.6) is 5.75 Å². The van der Waals surface area contributed by atoms with Crippen molar-refractivity contribution in [3.05, 3.63) is 74.5 Å². The van der Waals surface area contributed by atoms with Crippen LogP contribution in [0.15, 0.2) is 53.3 Å². The molecule has 2 aromatic carbocycles. The number of fused-ring (bicyclic) bond motifs is 1. The molecule has 0 unspecified atom stereocenters. The van der Waals surface area contributed by atoms with Gasteiger partial charge in [-0.15, -0.1) is 5.10 Å². The maximum atomic E-state index is 12.7. The third kappa shape index (κ3) is 3.37. The Morgan fingerprint density at radius 3 is 2.59 bits per heavy atom. The number of carbonyl (C=O) groups is 1. The molecule has 0 aliphatic carbocycles. The highest BCUT2D eigenvalue weighted by atomic mass is 32.1. The van der Waals surface area contributed by atoms with Gasteiger partial charge in [-0.05, 0) is 30.7 Å². The maximum Gasteiger partial charge on any atom is 0.308 e. The van der Waals surface area contributed by atoms with Gasteiger partial charge in [-0.3, -0.25) is 9.59 Å². The zero-order chi connectivity index (χ0) is 19.0. The molecule has 4 rings (SSSR count). The Balaban J connectivity index is 1.79. The lowest BCUT2D eigenvalue weighted by atomic mass is 10.1. The van der Waals surface area contributed by atoms with Gasteiger partial charge >= 0.3 is 5.97 Å². The molecule has 0 aliphatic rings. The predicted molar refractivity (Wildman–Crippen MR) is 104 cm³/mol. The number of thiazole rings is 1. The summed E-state index contributed by atoms with van der Waals surface area (Å²) in [5.74, 6) is 0.280. The molecule has 0 bridgehead atoms. The number of rotatable bonds is 3. The first-order chi connectivity index (χ1) is 13.0. The van der Waals surface area contributed by atoms with E-state index in [2.05, 4.69) is 10.1 Å². The molecule has 2 aromatic heterocycles. The van der Waals surface area contributed by atoms with E-state index in [1.165, 1.54) is 22.8 Å². The number of aryl methyl sites for hydroxylation is 1. The van der Waals surface area contributed by atoms with E-state index in [-0.39, 0.29) is 5.56 Å². The number of para-hydroxylation sites is 1. The number of hydrogen-bond acceptors (Lipinski definition) is 6. The molecular formula is C20H15N3O3S. The minimum atomic E-state index is -0.428. The Morgan fingerprint density at radius 1 is 1.15 bits per heavy atom. The summed E-state index contributed by atoms with van der Waals surface area (Å²) in [4.78, 5) is 28.9. The van der Waals surface area contributed by atoms with Gasteiger partial charge in [0.15, 0.2) is 5.82 Å². The van der Waals surface area contributed by atoms with Crippen molar-refractivity contribution in [2.24, 2.45) is 0 Å². The maximum absolute atomic E-state index is 12.7. The third-order valence-corrected chi connectivity index (χ3v) is 4.90. The van der Waals surface area contributed by atoms with Crippen LogP contribution in [-0.4, -0.2) is 20.6 Å². The Bertz CT molecular complexity index is 1260. The fourth-order valence-corrected chi connectivity index (χ4v) is 3.56. The van der Waals surface area contributed by atoms with Crippen molar-refractivity contribution in [3.63, 3.8) is 0 Å². The van der Waals surface area contributed by atoms with E-state index in [1.807, 2.05) is 37.3 Å². The minimum absolute atomic E-state index is 0.223. The van der Waals surface area contributed by atoms with E-state index in [9.17, 15) is 9.59 Å². The Labute approximate surface area is 158 Å². The molecule has 0 atom stereocenters. The topological polar surface area (TPSA) is 73.6 Å². The lowest BCUT2D eigenvalue weighted by Gasteiger charge is -2.04. The van der Waals surface area contributed by atoms with Gasteiger partial charge in [-0.1, -0.05) is 53.3 Å². The van der Waals surface area contributed by atoms with Crippen LogP contribution in [0.2, 0.25) is 0 Å². The third-order valence-electron chi connectivity index (χ3n) is 3.94. The fourth-order valence-electron chi connectivity index (χ4n) is 2.66. The van der Waals surface area contributed by atoms with Crippen LogP contribution in [0, 0.1) is 6.92 Å². The molecule has 0 radical (unpaired) electrons. The van der Waals surface area contributed by atoms with Crippen molar-refractivity contribution < 1.29 is 9.53 Å². The molecule has 0 amide bonds. The lowest BCUT2D eigenvalue weighted by Crippen LogP contribution is -2.23. The van der Waals surface area contributed by atoms with Crippen molar-refractivity contribution in [2.45, 2.75) is 13.8 Å². The second-order valence-electron chi connectivity index (χ2n) is 6.05. The molecule has 0 N–H and O–H groups in total. The van der Waals surface area contributed by atoms with E-state index in [4.69, 9.17) is 4.74 Å². The molecule has 27 heavy (non-hydrogen) atoms. The first kappa shape index (κ1) is 17.1. The van der Waals surface area contributed by atoms with Crippen LogP contribution >= 0.6 is 11.3 Å². The standard InChI is InChI=1S/C20H15N3O3S/c1-12-7-9-14(10-8-12)11-17-19(25)23-20(27-17)21-18(22-23)15-5-3-4-6-16(15)26-13(2)24/h3-11H,1-2H3/b17-11+. The fraction of sp³-hybridized carbons (Fsp3) is 0.100. The van der Waals surface area contributed by atoms with Crippen molar-refractivity contribution in [1.29, 1.82) is 0 Å². The van der Waals surface area contributed by atoms with Gasteiger partial charge in [0.2, 0.25) is 4.96 Å². The van der Waals surface area contributed by atoms with Crippen LogP contribution in [0.1, 0.15) is 18.1 Å². The average Bonchev–Trinajstić information content (AvgIpc) is 3.17. The number of nitrogens with zero attached hydrogens (tertiary/aromatic N) is 3. The van der Waals surface area contributed by atoms with Gasteiger partial charge in [0, 0.05) is 6.92 Å². The number of aromatic nitrogens is 3. The smallest absolute Gasteiger partial charge is 0.308 e. The summed E-state index contributed by atoms with van der Waals surface area (Å²) in [6.45, 7) is 3.35. The van der Waals surface area contributed by atoms with Crippen LogP contribution in [-0.2, 0) is 4.79 Å². The normalized spacial score (nSPS) is 11.9. The zero-order valence-electron chi connectivity index (χ0n) is 14.7. The van der Waals surface area contributed by atoms with Crippen LogP contribution in [0.25, 0.3) is 22.4 Å². The van der Waals surface area contributed by atoms with Crippen molar-refractivity contribution >= 4 is 28.3 Å². The molecule has 2 heterocycles. The predicted octanol–water partition coefficient (Wildman–Crippen LogP) is 2.60. The summed E-state index contributed by atoms with van der Waals surface area (Å²) in [5, 5.41) is 4.32. The van der Waals surface area contributed by atoms with Gasteiger partial charge < -0.3 is 4.74 Å². The van der Waals surface area contributed by atoms with Gasteiger partial charge in [0.25, 0.3) is 5.56 Å². The molecule has 0 spiro atoms.